The molecule has 0 atom stereocenters. The number of nitrogens with one attached hydrogen (secondary N) is 1. The van der Waals surface area contributed by atoms with E-state index in [0.29, 0.717) is 11.4 Å². The first-order valence-electron chi connectivity index (χ1n) is 4.73. The van der Waals surface area contributed by atoms with Gasteiger partial charge in [-0.2, -0.15) is 0 Å². The summed E-state index contributed by atoms with van der Waals surface area (Å²) in [7, 11) is 0. The lowest BCUT2D eigenvalue weighted by Crippen LogP contribution is -1.89. The Morgan fingerprint density at radius 1 is 1.43 bits per heavy atom. The maximum atomic E-state index is 13.5. The first-order valence-corrected chi connectivity index (χ1v) is 4.73. The van der Waals surface area contributed by atoms with Crippen LogP contribution in [0.25, 0.3) is 11.0 Å². The number of hydrogen-bond acceptors (Lipinski definition) is 1. The van der Waals surface area contributed by atoms with Crippen molar-refractivity contribution in [3.8, 4) is 0 Å². The second kappa shape index (κ2) is 3.08. The quantitative estimate of drug-likeness (QED) is 0.740. The van der Waals surface area contributed by atoms with Gasteiger partial charge in [0.05, 0.1) is 5.52 Å². The van der Waals surface area contributed by atoms with Crippen LogP contribution >= 0.6 is 0 Å². The third-order valence-corrected chi connectivity index (χ3v) is 2.35. The summed E-state index contributed by atoms with van der Waals surface area (Å²) in [5, 5.41) is 0. The molecule has 0 amide bonds. The molecule has 2 nitrogen and oxygen atoms in total. The smallest absolute Gasteiger partial charge is 0.151 e. The predicted molar refractivity (Wildman–Crippen MR) is 57.0 cm³/mol. The van der Waals surface area contributed by atoms with Gasteiger partial charge in [-0.1, -0.05) is 13.8 Å². The van der Waals surface area contributed by atoms with Crippen molar-refractivity contribution in [1.29, 1.82) is 0 Å². The summed E-state index contributed by atoms with van der Waals surface area (Å²) >= 11 is 0. The third-order valence-electron chi connectivity index (χ3n) is 2.35. The van der Waals surface area contributed by atoms with Crippen molar-refractivity contribution in [2.45, 2.75) is 26.7 Å². The molecule has 0 spiro atoms. The zero-order valence-corrected chi connectivity index (χ0v) is 8.56. The summed E-state index contributed by atoms with van der Waals surface area (Å²) in [6.07, 6.45) is 0. The van der Waals surface area contributed by atoms with Crippen molar-refractivity contribution >= 4 is 11.0 Å². The Hall–Kier alpha value is -1.38. The Morgan fingerprint density at radius 3 is 2.79 bits per heavy atom. The zero-order valence-electron chi connectivity index (χ0n) is 8.56. The number of imidazole rings is 1. The van der Waals surface area contributed by atoms with E-state index in [1.54, 1.807) is 6.07 Å². The van der Waals surface area contributed by atoms with E-state index in [1.807, 2.05) is 26.8 Å². The fraction of sp³-hybridized carbons (Fsp3) is 0.364. The number of H-pyrrole nitrogens is 1. The molecule has 0 saturated carbocycles. The number of rotatable bonds is 1. The van der Waals surface area contributed by atoms with Gasteiger partial charge < -0.3 is 4.98 Å². The van der Waals surface area contributed by atoms with Crippen molar-refractivity contribution < 1.29 is 5.82 Å². The summed E-state index contributed by atoms with van der Waals surface area (Å²) in [5.74, 6) is 0.841. The van der Waals surface area contributed by atoms with E-state index in [2.05, 4.69) is 9.97 Å². The second-order valence-electron chi connectivity index (χ2n) is 3.88. The van der Waals surface area contributed by atoms with Crippen LogP contribution in [0.15, 0.2) is 12.1 Å². The Labute approximate surface area is 83.7 Å². The number of aromatic nitrogens is 2. The average Bonchev–Trinajstić information content (AvgIpc) is 2.45. The standard InChI is InChI=1S/C11H13FN2.H2/c1-6(2)8-4-9(12)11-10(5-8)13-7(3)14-11;/h4-6H,1-3H3,(H,13,14);1H. The molecule has 0 unspecified atom stereocenters. The molecule has 1 aromatic heterocycles. The Bertz CT molecular complexity index is 477. The van der Waals surface area contributed by atoms with Gasteiger partial charge in [0.15, 0.2) is 5.82 Å². The lowest BCUT2D eigenvalue weighted by Gasteiger charge is -2.04. The molecule has 2 aromatic rings. The minimum absolute atomic E-state index is 0. The molecule has 0 aliphatic heterocycles. The lowest BCUT2D eigenvalue weighted by atomic mass is 10.0. The van der Waals surface area contributed by atoms with Crippen LogP contribution in [0.4, 0.5) is 4.39 Å². The molecule has 0 aliphatic rings. The number of halogens is 1. The van der Waals surface area contributed by atoms with Crippen LogP contribution in [0.2, 0.25) is 0 Å². The number of nitrogens with zero attached hydrogens (tertiary/aromatic N) is 1. The highest BCUT2D eigenvalue weighted by Gasteiger charge is 2.09. The van der Waals surface area contributed by atoms with Gasteiger partial charge in [0.25, 0.3) is 0 Å². The van der Waals surface area contributed by atoms with Gasteiger partial charge in [0.1, 0.15) is 11.3 Å². The predicted octanol–water partition coefficient (Wildman–Crippen LogP) is 3.38. The van der Waals surface area contributed by atoms with E-state index in [1.165, 1.54) is 0 Å². The van der Waals surface area contributed by atoms with Crippen molar-refractivity contribution in [1.82, 2.24) is 9.97 Å². The van der Waals surface area contributed by atoms with Gasteiger partial charge in [0, 0.05) is 1.43 Å². The molecular weight excluding hydrogens is 179 g/mol. The van der Waals surface area contributed by atoms with Crippen molar-refractivity contribution in [2.24, 2.45) is 0 Å². The van der Waals surface area contributed by atoms with E-state index < -0.39 is 0 Å². The molecule has 0 saturated heterocycles. The first kappa shape index (κ1) is 9.19. The molecule has 1 aromatic carbocycles. The number of fused-ring (bicyclic) bond motifs is 1. The van der Waals surface area contributed by atoms with Crippen LogP contribution in [0.1, 0.15) is 32.6 Å². The number of aryl methyl sites for hydroxylation is 1. The Morgan fingerprint density at radius 2 is 2.14 bits per heavy atom. The summed E-state index contributed by atoms with van der Waals surface area (Å²) in [6, 6.07) is 3.52. The normalized spacial score (nSPS) is 11.5. The van der Waals surface area contributed by atoms with Crippen LogP contribution in [0.3, 0.4) is 0 Å². The van der Waals surface area contributed by atoms with Crippen LogP contribution < -0.4 is 0 Å². The van der Waals surface area contributed by atoms with Gasteiger partial charge in [-0.25, -0.2) is 9.37 Å². The fourth-order valence-corrected chi connectivity index (χ4v) is 1.55. The second-order valence-corrected chi connectivity index (χ2v) is 3.88. The van der Waals surface area contributed by atoms with Gasteiger partial charge in [-0.15, -0.1) is 0 Å². The molecule has 0 radical (unpaired) electrons. The first-order chi connectivity index (χ1) is 6.58. The largest absolute Gasteiger partial charge is 0.342 e. The summed E-state index contributed by atoms with van der Waals surface area (Å²) < 4.78 is 13.5. The van der Waals surface area contributed by atoms with Crippen molar-refractivity contribution in [2.75, 3.05) is 0 Å². The van der Waals surface area contributed by atoms with Gasteiger partial charge >= 0.3 is 0 Å². The summed E-state index contributed by atoms with van der Waals surface area (Å²) in [5.41, 5.74) is 2.22. The Kier molecular flexibility index (Phi) is 2.02. The fourth-order valence-electron chi connectivity index (χ4n) is 1.55. The minimum atomic E-state index is -0.240. The van der Waals surface area contributed by atoms with Crippen LogP contribution in [-0.2, 0) is 0 Å². The van der Waals surface area contributed by atoms with E-state index in [0.717, 1.165) is 16.9 Å². The number of hydrogen-bond donors (Lipinski definition) is 1. The lowest BCUT2D eigenvalue weighted by molar-refractivity contribution is 0.633. The summed E-state index contributed by atoms with van der Waals surface area (Å²) in [4.78, 5) is 7.13. The van der Waals surface area contributed by atoms with Gasteiger partial charge in [0.2, 0.25) is 0 Å². The highest BCUT2D eigenvalue weighted by atomic mass is 19.1. The van der Waals surface area contributed by atoms with E-state index in [-0.39, 0.29) is 7.24 Å². The molecular formula is C11H15FN2. The highest BCUT2D eigenvalue weighted by molar-refractivity contribution is 5.76. The Balaban J connectivity index is 0.00000112. The van der Waals surface area contributed by atoms with E-state index in [4.69, 9.17) is 0 Å². The molecule has 76 valence electrons. The van der Waals surface area contributed by atoms with Crippen LogP contribution in [0.5, 0.6) is 0 Å². The summed E-state index contributed by atoms with van der Waals surface area (Å²) in [6.45, 7) is 5.92. The maximum Gasteiger partial charge on any atom is 0.151 e. The van der Waals surface area contributed by atoms with Crippen LogP contribution in [0, 0.1) is 12.7 Å². The number of aromatic amines is 1. The molecule has 0 bridgehead atoms. The molecule has 3 heteroatoms. The molecule has 2 rings (SSSR count). The van der Waals surface area contributed by atoms with E-state index in [9.17, 15) is 4.39 Å². The molecule has 14 heavy (non-hydrogen) atoms. The van der Waals surface area contributed by atoms with Crippen molar-refractivity contribution in [3.63, 3.8) is 0 Å². The molecule has 0 fully saturated rings. The average molecular weight is 194 g/mol. The zero-order chi connectivity index (χ0) is 10.3. The topological polar surface area (TPSA) is 28.7 Å². The van der Waals surface area contributed by atoms with Gasteiger partial charge in [-0.3, -0.25) is 0 Å². The molecule has 1 N–H and O–H groups in total. The molecule has 1 heterocycles. The maximum absolute atomic E-state index is 13.5. The SMILES string of the molecule is Cc1nc2c(F)cc(C(C)C)cc2[nH]1.[HH]. The minimum Gasteiger partial charge on any atom is -0.342 e. The third kappa shape index (κ3) is 1.39. The van der Waals surface area contributed by atoms with Gasteiger partial charge in [-0.05, 0) is 30.5 Å². The monoisotopic (exact) mass is 194 g/mol. The number of benzene rings is 1. The van der Waals surface area contributed by atoms with E-state index >= 15 is 0 Å². The molecule has 0 aliphatic carbocycles. The van der Waals surface area contributed by atoms with Crippen molar-refractivity contribution in [3.05, 3.63) is 29.3 Å². The highest BCUT2D eigenvalue weighted by Crippen LogP contribution is 2.22. The van der Waals surface area contributed by atoms with Crippen LogP contribution in [-0.4, -0.2) is 9.97 Å².